The van der Waals surface area contributed by atoms with Crippen molar-refractivity contribution < 1.29 is 62.1 Å². The zero-order valence-electron chi connectivity index (χ0n) is 31.8. The van der Waals surface area contributed by atoms with E-state index in [0.29, 0.717) is 0 Å². The molecular formula is C44H48O13. The number of benzene rings is 4. The molecule has 4 aromatic carbocycles. The number of fused-ring (bicyclic) bond motifs is 1. The van der Waals surface area contributed by atoms with Crippen LogP contribution in [0.2, 0.25) is 0 Å². The Bertz CT molecular complexity index is 1830. The van der Waals surface area contributed by atoms with E-state index < -0.39 is 79.6 Å². The second-order valence-corrected chi connectivity index (χ2v) is 14.0. The van der Waals surface area contributed by atoms with E-state index in [9.17, 15) is 14.7 Å². The molecule has 4 aromatic rings. The average molecular weight is 785 g/mol. The number of aliphatic hydroxyl groups excluding tert-OH is 1. The van der Waals surface area contributed by atoms with E-state index in [1.54, 1.807) is 0 Å². The summed E-state index contributed by atoms with van der Waals surface area (Å²) in [5.41, 5.74) is 3.41. The van der Waals surface area contributed by atoms with Gasteiger partial charge in [-0.3, -0.25) is 9.59 Å². The molecule has 302 valence electrons. The molecule has 11 atom stereocenters. The van der Waals surface area contributed by atoms with Crippen LogP contribution < -0.4 is 0 Å². The number of hydrogen-bond acceptors (Lipinski definition) is 13. The average Bonchev–Trinajstić information content (AvgIpc) is 3.23. The van der Waals surface area contributed by atoms with Crippen LogP contribution >= 0.6 is 0 Å². The highest BCUT2D eigenvalue weighted by molar-refractivity contribution is 5.66. The van der Waals surface area contributed by atoms with Crippen molar-refractivity contribution in [1.82, 2.24) is 0 Å². The van der Waals surface area contributed by atoms with Crippen molar-refractivity contribution in [2.45, 2.75) is 101 Å². The lowest BCUT2D eigenvalue weighted by Crippen LogP contribution is -2.67. The van der Waals surface area contributed by atoms with Gasteiger partial charge < -0.3 is 52.5 Å². The van der Waals surface area contributed by atoms with Gasteiger partial charge in [-0.1, -0.05) is 121 Å². The molecule has 1 unspecified atom stereocenters. The van der Waals surface area contributed by atoms with Crippen molar-refractivity contribution in [2.75, 3.05) is 13.2 Å². The molecule has 3 heterocycles. The molecule has 0 aliphatic carbocycles. The van der Waals surface area contributed by atoms with Crippen LogP contribution in [0.1, 0.15) is 42.4 Å². The van der Waals surface area contributed by atoms with Crippen molar-refractivity contribution >= 4 is 11.9 Å². The van der Waals surface area contributed by atoms with Crippen molar-refractivity contribution in [2.24, 2.45) is 0 Å². The Morgan fingerprint density at radius 3 is 1.68 bits per heavy atom. The SMILES string of the molecule is CC(=O)OC[C@H]1O[C@H](O[C@@H]2[C@@H](OC(C)=O)[C@@H]3OC(c4ccccc4)OC[C@H]3O[C@@H]2O)[C@H](OCc2ccccc2)[C@@H](OCc2ccccc2)[C@@H]1OCc1ccccc1. The van der Waals surface area contributed by atoms with Crippen molar-refractivity contribution in [3.8, 4) is 0 Å². The quantitative estimate of drug-likeness (QED) is 0.158. The van der Waals surface area contributed by atoms with Crippen LogP contribution in [-0.2, 0) is 76.8 Å². The Balaban J connectivity index is 1.23. The monoisotopic (exact) mass is 784 g/mol. The van der Waals surface area contributed by atoms with Gasteiger partial charge in [0.2, 0.25) is 0 Å². The normalized spacial score (nSPS) is 29.8. The Morgan fingerprint density at radius 2 is 1.14 bits per heavy atom. The topological polar surface area (TPSA) is 147 Å². The van der Waals surface area contributed by atoms with Crippen molar-refractivity contribution in [3.63, 3.8) is 0 Å². The van der Waals surface area contributed by atoms with Gasteiger partial charge in [0.25, 0.3) is 0 Å². The molecule has 0 saturated carbocycles. The van der Waals surface area contributed by atoms with E-state index in [4.69, 9.17) is 47.4 Å². The van der Waals surface area contributed by atoms with E-state index in [1.165, 1.54) is 13.8 Å². The van der Waals surface area contributed by atoms with Gasteiger partial charge in [-0.15, -0.1) is 0 Å². The molecular weight excluding hydrogens is 736 g/mol. The van der Waals surface area contributed by atoms with Gasteiger partial charge in [0, 0.05) is 19.4 Å². The fourth-order valence-corrected chi connectivity index (χ4v) is 7.16. The summed E-state index contributed by atoms with van der Waals surface area (Å²) in [6.07, 6.45) is -11.6. The van der Waals surface area contributed by atoms with Crippen molar-refractivity contribution in [3.05, 3.63) is 144 Å². The first kappa shape index (κ1) is 40.6. The molecule has 13 heteroatoms. The first-order valence-electron chi connectivity index (χ1n) is 19.1. The number of hydrogen-bond donors (Lipinski definition) is 1. The number of rotatable bonds is 15. The summed E-state index contributed by atoms with van der Waals surface area (Å²) in [7, 11) is 0. The zero-order chi connectivity index (χ0) is 39.6. The molecule has 13 nitrogen and oxygen atoms in total. The fourth-order valence-electron chi connectivity index (χ4n) is 7.16. The van der Waals surface area contributed by atoms with E-state index in [0.717, 1.165) is 22.3 Å². The van der Waals surface area contributed by atoms with Crippen LogP contribution in [0.25, 0.3) is 0 Å². The fraction of sp³-hybridized carbons (Fsp3) is 0.409. The molecule has 0 amide bonds. The third-order valence-electron chi connectivity index (χ3n) is 9.86. The summed E-state index contributed by atoms with van der Waals surface area (Å²) in [4.78, 5) is 24.9. The maximum Gasteiger partial charge on any atom is 0.303 e. The number of carbonyl (C=O) groups is 2. The molecule has 7 rings (SSSR count). The molecule has 3 aliphatic rings. The van der Waals surface area contributed by atoms with Crippen LogP contribution in [0.3, 0.4) is 0 Å². The first-order chi connectivity index (χ1) is 27.8. The second kappa shape index (κ2) is 19.7. The molecule has 3 aliphatic heterocycles. The molecule has 1 N–H and O–H groups in total. The van der Waals surface area contributed by atoms with E-state index in [1.807, 2.05) is 121 Å². The molecule has 0 radical (unpaired) electrons. The third kappa shape index (κ3) is 10.7. The maximum atomic E-state index is 12.7. The summed E-state index contributed by atoms with van der Waals surface area (Å²) in [6, 6.07) is 38.1. The zero-order valence-corrected chi connectivity index (χ0v) is 31.8. The first-order valence-corrected chi connectivity index (χ1v) is 19.1. The summed E-state index contributed by atoms with van der Waals surface area (Å²) >= 11 is 0. The molecule has 0 bridgehead atoms. The van der Waals surface area contributed by atoms with E-state index in [2.05, 4.69) is 0 Å². The van der Waals surface area contributed by atoms with Gasteiger partial charge in [-0.05, 0) is 16.7 Å². The minimum Gasteiger partial charge on any atom is -0.463 e. The highest BCUT2D eigenvalue weighted by atomic mass is 16.8. The van der Waals surface area contributed by atoms with Crippen LogP contribution in [0.15, 0.2) is 121 Å². The van der Waals surface area contributed by atoms with Crippen LogP contribution in [0, 0.1) is 0 Å². The standard InChI is InChI=1S/C44H48O13/c1-28(45)48-26-34-36(49-23-30-15-7-3-8-16-30)38(50-24-31-17-9-4-10-18-31)41(51-25-32-19-11-5-12-20-32)44(55-34)57-40-39(53-29(2)46)37-35(54-42(40)47)27-52-43(56-37)33-21-13-6-14-22-33/h3-22,34-44,47H,23-27H2,1-2H3/t34-,35-,36-,37-,38+,39+,40-,41-,42+,43?,44-/m1/s1. The second-order valence-electron chi connectivity index (χ2n) is 14.0. The number of carbonyl (C=O) groups excluding carboxylic acids is 2. The molecule has 3 fully saturated rings. The molecule has 0 aromatic heterocycles. The predicted octanol–water partition coefficient (Wildman–Crippen LogP) is 5.18. The van der Waals surface area contributed by atoms with Crippen LogP contribution in [0.4, 0.5) is 0 Å². The Hall–Kier alpha value is -4.54. The smallest absolute Gasteiger partial charge is 0.303 e. The van der Waals surface area contributed by atoms with Gasteiger partial charge in [-0.2, -0.15) is 0 Å². The molecule has 57 heavy (non-hydrogen) atoms. The Morgan fingerprint density at radius 1 is 0.614 bits per heavy atom. The van der Waals surface area contributed by atoms with Gasteiger partial charge in [-0.25, -0.2) is 0 Å². The molecule has 3 saturated heterocycles. The Labute approximate surface area is 331 Å². The number of esters is 2. The van der Waals surface area contributed by atoms with E-state index >= 15 is 0 Å². The Kier molecular flexibility index (Phi) is 14.1. The lowest BCUT2D eigenvalue weighted by molar-refractivity contribution is -0.393. The van der Waals surface area contributed by atoms with Crippen LogP contribution in [-0.4, -0.2) is 91.7 Å². The largest absolute Gasteiger partial charge is 0.463 e. The summed E-state index contributed by atoms with van der Waals surface area (Å²) in [5.74, 6) is -1.15. The van der Waals surface area contributed by atoms with Crippen LogP contribution in [0.5, 0.6) is 0 Å². The highest BCUT2D eigenvalue weighted by Crippen LogP contribution is 2.39. The lowest BCUT2D eigenvalue weighted by Gasteiger charge is -2.50. The van der Waals surface area contributed by atoms with E-state index in [-0.39, 0.29) is 33.0 Å². The highest BCUT2D eigenvalue weighted by Gasteiger charge is 2.56. The van der Waals surface area contributed by atoms with Gasteiger partial charge in [0.15, 0.2) is 31.1 Å². The summed E-state index contributed by atoms with van der Waals surface area (Å²) < 4.78 is 63.1. The number of ether oxygens (including phenoxy) is 10. The maximum absolute atomic E-state index is 12.7. The van der Waals surface area contributed by atoms with Gasteiger partial charge >= 0.3 is 11.9 Å². The predicted molar refractivity (Wildman–Crippen MR) is 202 cm³/mol. The molecule has 0 spiro atoms. The lowest BCUT2D eigenvalue weighted by atomic mass is 9.95. The third-order valence-corrected chi connectivity index (χ3v) is 9.86. The summed E-state index contributed by atoms with van der Waals surface area (Å²) in [5, 5.41) is 11.5. The summed E-state index contributed by atoms with van der Waals surface area (Å²) in [6.45, 7) is 2.88. The minimum atomic E-state index is -1.61. The van der Waals surface area contributed by atoms with Gasteiger partial charge in [0.05, 0.1) is 26.4 Å². The van der Waals surface area contributed by atoms with Gasteiger partial charge in [0.1, 0.15) is 43.2 Å². The number of aliphatic hydroxyl groups is 1. The van der Waals surface area contributed by atoms with Crippen molar-refractivity contribution in [1.29, 1.82) is 0 Å². The minimum absolute atomic E-state index is 0.0504.